The predicted molar refractivity (Wildman–Crippen MR) is 144 cm³/mol. The Morgan fingerprint density at radius 2 is 1.57 bits per heavy atom. The van der Waals surface area contributed by atoms with Crippen LogP contribution in [0.1, 0.15) is 36.1 Å². The topological polar surface area (TPSA) is 106 Å². The van der Waals surface area contributed by atoms with Crippen LogP contribution in [0.5, 0.6) is 0 Å². The summed E-state index contributed by atoms with van der Waals surface area (Å²) in [4.78, 5) is 8.34. The highest BCUT2D eigenvalue weighted by molar-refractivity contribution is 6.23. The lowest BCUT2D eigenvalue weighted by molar-refractivity contribution is 0.143. The first-order valence-corrected chi connectivity index (χ1v) is 11.8. The van der Waals surface area contributed by atoms with Gasteiger partial charge in [-0.1, -0.05) is 42.2 Å². The first kappa shape index (κ1) is 24.0. The van der Waals surface area contributed by atoms with Crippen LogP contribution in [0.15, 0.2) is 54.6 Å². The number of methoxy groups -OCH3 is 1. The number of nitrogens with one attached hydrogen (secondary N) is 1. The average Bonchev–Trinajstić information content (AvgIpc) is 3.33. The molecule has 0 saturated carbocycles. The summed E-state index contributed by atoms with van der Waals surface area (Å²) < 4.78 is 5.37. The highest BCUT2D eigenvalue weighted by Crippen LogP contribution is 2.37. The van der Waals surface area contributed by atoms with Gasteiger partial charge in [-0.2, -0.15) is 10.5 Å². The van der Waals surface area contributed by atoms with Crippen molar-refractivity contribution < 1.29 is 9.84 Å². The molecular weight excluding hydrogens is 460 g/mol. The van der Waals surface area contributed by atoms with Crippen LogP contribution >= 0.6 is 0 Å². The van der Waals surface area contributed by atoms with Crippen molar-refractivity contribution in [2.24, 2.45) is 0 Å². The van der Waals surface area contributed by atoms with Crippen LogP contribution in [0.3, 0.4) is 0 Å². The number of imidazole rings is 1. The van der Waals surface area contributed by atoms with Crippen molar-refractivity contribution in [3.63, 3.8) is 0 Å². The average molecular weight is 485 g/mol. The van der Waals surface area contributed by atoms with E-state index >= 15 is 0 Å². The molecule has 6 heteroatoms. The molecule has 4 aromatic carbocycles. The molecule has 37 heavy (non-hydrogen) atoms. The third kappa shape index (κ3) is 4.51. The number of H-pyrrole nitrogens is 1. The van der Waals surface area contributed by atoms with Gasteiger partial charge in [-0.25, -0.2) is 4.98 Å². The summed E-state index contributed by atoms with van der Waals surface area (Å²) in [5, 5.41) is 33.4. The van der Waals surface area contributed by atoms with Gasteiger partial charge in [0.2, 0.25) is 0 Å². The fraction of sp³-hybridized carbons (Fsp3) is 0.194. The number of nitriles is 2. The lowest BCUT2D eigenvalue weighted by atomic mass is 9.96. The van der Waals surface area contributed by atoms with Gasteiger partial charge in [0.15, 0.2) is 0 Å². The molecule has 0 saturated heterocycles. The van der Waals surface area contributed by atoms with E-state index < -0.39 is 5.60 Å². The Morgan fingerprint density at radius 3 is 2.24 bits per heavy atom. The number of aromatic nitrogens is 2. The number of nitrogens with zero attached hydrogens (tertiary/aromatic N) is 3. The molecule has 1 aromatic heterocycles. The number of hydrogen-bond donors (Lipinski definition) is 2. The lowest BCUT2D eigenvalue weighted by Gasteiger charge is -2.10. The zero-order chi connectivity index (χ0) is 26.2. The van der Waals surface area contributed by atoms with Crippen LogP contribution in [0.4, 0.5) is 0 Å². The zero-order valence-corrected chi connectivity index (χ0v) is 20.8. The molecule has 0 amide bonds. The molecule has 0 spiro atoms. The van der Waals surface area contributed by atoms with Gasteiger partial charge in [0.25, 0.3) is 0 Å². The molecule has 0 fully saturated rings. The molecule has 5 aromatic rings. The summed E-state index contributed by atoms with van der Waals surface area (Å²) in [7, 11) is 1.67. The van der Waals surface area contributed by atoms with Gasteiger partial charge >= 0.3 is 0 Å². The van der Waals surface area contributed by atoms with Crippen molar-refractivity contribution in [2.45, 2.75) is 32.5 Å². The second-order valence-corrected chi connectivity index (χ2v) is 9.49. The van der Waals surface area contributed by atoms with Crippen LogP contribution in [-0.2, 0) is 17.8 Å². The second-order valence-electron chi connectivity index (χ2n) is 9.49. The summed E-state index contributed by atoms with van der Waals surface area (Å²) in [6, 6.07) is 21.8. The van der Waals surface area contributed by atoms with Gasteiger partial charge in [0.1, 0.15) is 11.4 Å². The fourth-order valence-corrected chi connectivity index (χ4v) is 4.66. The van der Waals surface area contributed by atoms with Gasteiger partial charge in [0, 0.05) is 24.3 Å². The molecule has 0 radical (unpaired) electrons. The largest absolute Gasteiger partial charge is 0.380 e. The van der Waals surface area contributed by atoms with Crippen molar-refractivity contribution in [1.82, 2.24) is 9.97 Å². The summed E-state index contributed by atoms with van der Waals surface area (Å²) in [6.45, 7) is 3.82. The molecule has 0 atom stereocenters. The van der Waals surface area contributed by atoms with Crippen LogP contribution in [0.2, 0.25) is 0 Å². The monoisotopic (exact) mass is 484 g/mol. The molecule has 180 valence electrons. The van der Waals surface area contributed by atoms with Gasteiger partial charge in [-0.15, -0.1) is 0 Å². The molecule has 0 aliphatic heterocycles. The molecule has 0 bridgehead atoms. The first-order chi connectivity index (χ1) is 17.8. The molecular formula is C31H24N4O2. The summed E-state index contributed by atoms with van der Waals surface area (Å²) in [5.41, 5.74) is 3.92. The molecule has 6 nitrogen and oxygen atoms in total. The van der Waals surface area contributed by atoms with Crippen molar-refractivity contribution in [3.05, 3.63) is 76.9 Å². The minimum atomic E-state index is -1.04. The summed E-state index contributed by atoms with van der Waals surface area (Å²) in [6.07, 6.45) is 0.504. The minimum absolute atomic E-state index is 0.391. The standard InChI is InChI=1S/C31H24N4O2/c1-31(2,36)13-5-6-19-9-11-23-25(14-19)26-15-20(18-37-3)10-12-24(26)29-28(23)34-30(35-29)27-21(16-32)7-4-8-22(27)17-33/h4,7-12,14-15,36H,6,18H2,1-3H3,(H,34,35). The molecule has 0 aliphatic carbocycles. The SMILES string of the molecule is COCc1ccc2c(c1)c1cc(CC#CC(C)(C)O)ccc1c1nc(-c3c(C#N)cccc3C#N)[nH]c21. The maximum Gasteiger partial charge on any atom is 0.141 e. The van der Waals surface area contributed by atoms with E-state index in [1.54, 1.807) is 39.2 Å². The Morgan fingerprint density at radius 1 is 0.919 bits per heavy atom. The van der Waals surface area contributed by atoms with E-state index in [1.165, 1.54) is 0 Å². The van der Waals surface area contributed by atoms with E-state index in [0.29, 0.717) is 35.5 Å². The molecule has 0 unspecified atom stereocenters. The van der Waals surface area contributed by atoms with Crippen LogP contribution in [-0.4, -0.2) is 27.8 Å². The number of benzene rings is 4. The minimum Gasteiger partial charge on any atom is -0.380 e. The van der Waals surface area contributed by atoms with Crippen LogP contribution in [0, 0.1) is 34.5 Å². The van der Waals surface area contributed by atoms with Crippen molar-refractivity contribution >= 4 is 32.6 Å². The van der Waals surface area contributed by atoms with E-state index in [9.17, 15) is 15.6 Å². The molecule has 1 heterocycles. The van der Waals surface area contributed by atoms with Gasteiger partial charge in [0.05, 0.1) is 46.5 Å². The number of rotatable bonds is 4. The zero-order valence-electron chi connectivity index (χ0n) is 20.8. The Balaban J connectivity index is 1.81. The third-order valence-corrected chi connectivity index (χ3v) is 6.23. The Bertz CT molecular complexity index is 1800. The van der Waals surface area contributed by atoms with Crippen LogP contribution < -0.4 is 0 Å². The Labute approximate surface area is 214 Å². The number of hydrogen-bond acceptors (Lipinski definition) is 5. The van der Waals surface area contributed by atoms with E-state index in [4.69, 9.17) is 9.72 Å². The predicted octanol–water partition coefficient (Wildman–Crippen LogP) is 5.74. The van der Waals surface area contributed by atoms with E-state index in [-0.39, 0.29) is 0 Å². The normalized spacial score (nSPS) is 11.3. The lowest BCUT2D eigenvalue weighted by Crippen LogP contribution is -2.14. The van der Waals surface area contributed by atoms with E-state index in [0.717, 1.165) is 43.7 Å². The van der Waals surface area contributed by atoms with Gasteiger partial charge < -0.3 is 14.8 Å². The quantitative estimate of drug-likeness (QED) is 0.250. The van der Waals surface area contributed by atoms with Crippen molar-refractivity contribution in [1.29, 1.82) is 10.5 Å². The summed E-state index contributed by atoms with van der Waals surface area (Å²) in [5.74, 6) is 6.43. The third-order valence-electron chi connectivity index (χ3n) is 6.23. The summed E-state index contributed by atoms with van der Waals surface area (Å²) >= 11 is 0. The Kier molecular flexibility index (Phi) is 6.12. The van der Waals surface area contributed by atoms with Crippen molar-refractivity contribution in [3.8, 4) is 35.4 Å². The highest BCUT2D eigenvalue weighted by Gasteiger charge is 2.19. The second kappa shape index (κ2) is 9.41. The Hall–Kier alpha value is -4.67. The number of aromatic amines is 1. The van der Waals surface area contributed by atoms with E-state index in [1.807, 2.05) is 18.2 Å². The smallest absolute Gasteiger partial charge is 0.141 e. The molecule has 5 rings (SSSR count). The highest BCUT2D eigenvalue weighted by atomic mass is 16.5. The number of fused-ring (bicyclic) bond motifs is 6. The van der Waals surface area contributed by atoms with Gasteiger partial charge in [-0.3, -0.25) is 0 Å². The first-order valence-electron chi connectivity index (χ1n) is 11.8. The fourth-order valence-electron chi connectivity index (χ4n) is 4.66. The molecule has 0 aliphatic rings. The maximum atomic E-state index is 9.94. The van der Waals surface area contributed by atoms with E-state index in [2.05, 4.69) is 47.2 Å². The maximum absolute atomic E-state index is 9.94. The molecule has 2 N–H and O–H groups in total. The van der Waals surface area contributed by atoms with Crippen LogP contribution in [0.25, 0.3) is 44.0 Å². The van der Waals surface area contributed by atoms with Crippen molar-refractivity contribution in [2.75, 3.05) is 7.11 Å². The number of aliphatic hydroxyl groups is 1. The van der Waals surface area contributed by atoms with Gasteiger partial charge in [-0.05, 0) is 60.0 Å². The number of ether oxygens (including phenoxy) is 1.